The smallest absolute Gasteiger partial charge is 0.173 e. The monoisotopic (exact) mass is 304 g/mol. The van der Waals surface area contributed by atoms with Crippen LogP contribution in [0.25, 0.3) is 0 Å². The van der Waals surface area contributed by atoms with Crippen LogP contribution in [0.4, 0.5) is 8.78 Å². The van der Waals surface area contributed by atoms with Crippen LogP contribution in [-0.4, -0.2) is 9.94 Å². The predicted octanol–water partition coefficient (Wildman–Crippen LogP) is 3.56. The number of aliphatic hydroxyl groups is 1. The van der Waals surface area contributed by atoms with Gasteiger partial charge in [0.25, 0.3) is 0 Å². The van der Waals surface area contributed by atoms with Gasteiger partial charge in [0.2, 0.25) is 0 Å². The highest BCUT2D eigenvalue weighted by Gasteiger charge is 2.22. The van der Waals surface area contributed by atoms with Gasteiger partial charge in [0.1, 0.15) is 10.9 Å². The topological polar surface area (TPSA) is 20.2 Å². The standard InChI is InChI=1S/C8H5BrCl2F2O/c9-4-2-1-3(5(12)6(4)13)7(14)8(10)11/h1-2,7-8,14H. The van der Waals surface area contributed by atoms with E-state index < -0.39 is 22.6 Å². The predicted molar refractivity (Wildman–Crippen MR) is 54.5 cm³/mol. The summed E-state index contributed by atoms with van der Waals surface area (Å²) in [5.41, 5.74) is -0.263. The van der Waals surface area contributed by atoms with Gasteiger partial charge in [-0.2, -0.15) is 0 Å². The summed E-state index contributed by atoms with van der Waals surface area (Å²) in [5.74, 6) is -2.23. The van der Waals surface area contributed by atoms with Gasteiger partial charge in [-0.1, -0.05) is 6.07 Å². The molecule has 1 atom stereocenters. The second kappa shape index (κ2) is 4.75. The molecule has 0 saturated heterocycles. The molecule has 6 heteroatoms. The summed E-state index contributed by atoms with van der Waals surface area (Å²) in [5, 5.41) is 9.31. The van der Waals surface area contributed by atoms with Crippen LogP contribution in [-0.2, 0) is 0 Å². The Kier molecular flexibility index (Phi) is 4.13. The first kappa shape index (κ1) is 12.2. The lowest BCUT2D eigenvalue weighted by molar-refractivity contribution is 0.186. The third kappa shape index (κ3) is 2.37. The van der Waals surface area contributed by atoms with Crippen LogP contribution in [0.15, 0.2) is 16.6 Å². The highest BCUT2D eigenvalue weighted by atomic mass is 79.9. The van der Waals surface area contributed by atoms with Crippen LogP contribution in [0.2, 0.25) is 0 Å². The van der Waals surface area contributed by atoms with Gasteiger partial charge in [-0.3, -0.25) is 0 Å². The van der Waals surface area contributed by atoms with Crippen LogP contribution in [0.5, 0.6) is 0 Å². The summed E-state index contributed by atoms with van der Waals surface area (Å²) in [4.78, 5) is -1.20. The molecule has 0 heterocycles. The summed E-state index contributed by atoms with van der Waals surface area (Å²) < 4.78 is 26.2. The van der Waals surface area contributed by atoms with E-state index in [-0.39, 0.29) is 10.0 Å². The zero-order valence-corrected chi connectivity index (χ0v) is 9.74. The molecule has 0 bridgehead atoms. The summed E-state index contributed by atoms with van der Waals surface area (Å²) in [7, 11) is 0. The van der Waals surface area contributed by atoms with Crippen molar-refractivity contribution < 1.29 is 13.9 Å². The second-order valence-corrected chi connectivity index (χ2v) is 4.56. The molecule has 1 rings (SSSR count). The Bertz CT molecular complexity index is 346. The molecule has 1 nitrogen and oxygen atoms in total. The summed E-state index contributed by atoms with van der Waals surface area (Å²) in [6.07, 6.45) is -1.44. The minimum atomic E-state index is -1.44. The van der Waals surface area contributed by atoms with Crippen molar-refractivity contribution in [2.45, 2.75) is 10.9 Å². The molecule has 0 aromatic heterocycles. The number of hydrogen-bond donors (Lipinski definition) is 1. The minimum Gasteiger partial charge on any atom is -0.385 e. The number of aliphatic hydroxyl groups excluding tert-OH is 1. The van der Waals surface area contributed by atoms with Gasteiger partial charge in [-0.05, 0) is 22.0 Å². The zero-order chi connectivity index (χ0) is 10.9. The highest BCUT2D eigenvalue weighted by Crippen LogP contribution is 2.29. The second-order valence-electron chi connectivity index (χ2n) is 2.54. The van der Waals surface area contributed by atoms with E-state index in [2.05, 4.69) is 15.9 Å². The molecule has 0 aliphatic carbocycles. The fourth-order valence-corrected chi connectivity index (χ4v) is 1.48. The Morgan fingerprint density at radius 3 is 2.29 bits per heavy atom. The van der Waals surface area contributed by atoms with E-state index >= 15 is 0 Å². The number of halogens is 5. The molecule has 1 aromatic carbocycles. The van der Waals surface area contributed by atoms with E-state index in [9.17, 15) is 13.9 Å². The highest BCUT2D eigenvalue weighted by molar-refractivity contribution is 9.10. The summed E-state index contributed by atoms with van der Waals surface area (Å²) in [6, 6.07) is 2.48. The van der Waals surface area contributed by atoms with Crippen molar-refractivity contribution in [2.75, 3.05) is 0 Å². The van der Waals surface area contributed by atoms with Crippen molar-refractivity contribution in [1.29, 1.82) is 0 Å². The molecule has 0 aliphatic heterocycles. The third-order valence-electron chi connectivity index (χ3n) is 1.62. The fraction of sp³-hybridized carbons (Fsp3) is 0.250. The summed E-state index contributed by atoms with van der Waals surface area (Å²) >= 11 is 13.5. The molecule has 0 fully saturated rings. The van der Waals surface area contributed by atoms with Crippen LogP contribution in [0.3, 0.4) is 0 Å². The van der Waals surface area contributed by atoms with Gasteiger partial charge in [0.05, 0.1) is 4.47 Å². The first-order valence-corrected chi connectivity index (χ1v) is 5.21. The van der Waals surface area contributed by atoms with E-state index in [4.69, 9.17) is 23.2 Å². The lowest BCUT2D eigenvalue weighted by atomic mass is 10.1. The Morgan fingerprint density at radius 2 is 1.79 bits per heavy atom. The molecular formula is C8H5BrCl2F2O. The van der Waals surface area contributed by atoms with Gasteiger partial charge >= 0.3 is 0 Å². The van der Waals surface area contributed by atoms with Crippen LogP contribution in [0, 0.1) is 11.6 Å². The largest absolute Gasteiger partial charge is 0.385 e. The fourth-order valence-electron chi connectivity index (χ4n) is 0.905. The quantitative estimate of drug-likeness (QED) is 0.654. The number of alkyl halides is 2. The van der Waals surface area contributed by atoms with E-state index in [1.165, 1.54) is 12.1 Å². The van der Waals surface area contributed by atoms with Crippen LogP contribution >= 0.6 is 39.1 Å². The molecule has 0 amide bonds. The molecule has 0 saturated carbocycles. The molecule has 78 valence electrons. The van der Waals surface area contributed by atoms with E-state index in [0.717, 1.165) is 0 Å². The maximum Gasteiger partial charge on any atom is 0.173 e. The van der Waals surface area contributed by atoms with Crippen molar-refractivity contribution in [2.24, 2.45) is 0 Å². The maximum atomic E-state index is 13.2. The molecule has 0 aliphatic rings. The Hall–Kier alpha value is 0.1000. The first-order valence-electron chi connectivity index (χ1n) is 3.54. The zero-order valence-electron chi connectivity index (χ0n) is 6.65. The van der Waals surface area contributed by atoms with Crippen molar-refractivity contribution in [3.8, 4) is 0 Å². The van der Waals surface area contributed by atoms with Gasteiger partial charge in [-0.25, -0.2) is 8.78 Å². The van der Waals surface area contributed by atoms with E-state index in [1.54, 1.807) is 0 Å². The molecule has 14 heavy (non-hydrogen) atoms. The lowest BCUT2D eigenvalue weighted by Crippen LogP contribution is -2.09. The van der Waals surface area contributed by atoms with Gasteiger partial charge in [-0.15, -0.1) is 23.2 Å². The number of benzene rings is 1. The van der Waals surface area contributed by atoms with Crippen molar-refractivity contribution in [3.63, 3.8) is 0 Å². The van der Waals surface area contributed by atoms with Gasteiger partial charge in [0.15, 0.2) is 11.6 Å². The van der Waals surface area contributed by atoms with Gasteiger partial charge in [0, 0.05) is 5.56 Å². The number of hydrogen-bond acceptors (Lipinski definition) is 1. The molecular weight excluding hydrogens is 301 g/mol. The molecule has 0 radical (unpaired) electrons. The van der Waals surface area contributed by atoms with Crippen LogP contribution in [0.1, 0.15) is 11.7 Å². The Balaban J connectivity index is 3.17. The minimum absolute atomic E-state index is 0.0216. The average molecular weight is 306 g/mol. The lowest BCUT2D eigenvalue weighted by Gasteiger charge is -2.13. The Morgan fingerprint density at radius 1 is 1.21 bits per heavy atom. The van der Waals surface area contributed by atoms with Crippen molar-refractivity contribution in [1.82, 2.24) is 0 Å². The van der Waals surface area contributed by atoms with Crippen LogP contribution < -0.4 is 0 Å². The Labute approximate surface area is 97.8 Å². The maximum absolute atomic E-state index is 13.2. The van der Waals surface area contributed by atoms with Gasteiger partial charge < -0.3 is 5.11 Å². The van der Waals surface area contributed by atoms with Crippen molar-refractivity contribution >= 4 is 39.1 Å². The first-order chi connectivity index (χ1) is 6.45. The van der Waals surface area contributed by atoms with E-state index in [0.29, 0.717) is 0 Å². The average Bonchev–Trinajstić information content (AvgIpc) is 2.13. The third-order valence-corrected chi connectivity index (χ3v) is 2.71. The molecule has 1 unspecified atom stereocenters. The molecule has 0 spiro atoms. The van der Waals surface area contributed by atoms with Crippen molar-refractivity contribution in [3.05, 3.63) is 33.8 Å². The van der Waals surface area contributed by atoms with E-state index in [1.807, 2.05) is 0 Å². The number of rotatable bonds is 2. The summed E-state index contributed by atoms with van der Waals surface area (Å²) in [6.45, 7) is 0. The normalized spacial score (nSPS) is 13.4. The molecule has 1 N–H and O–H groups in total. The SMILES string of the molecule is OC(c1ccc(Br)c(F)c1F)C(Cl)Cl. The molecule has 1 aromatic rings.